The van der Waals surface area contributed by atoms with E-state index in [0.29, 0.717) is 42.7 Å². The van der Waals surface area contributed by atoms with Crippen molar-refractivity contribution in [3.63, 3.8) is 0 Å². The smallest absolute Gasteiger partial charge is 0.340 e. The highest BCUT2D eigenvalue weighted by Gasteiger charge is 2.70. The summed E-state index contributed by atoms with van der Waals surface area (Å²) in [5.41, 5.74) is 4.03. The third-order valence-corrected chi connectivity index (χ3v) is 18.3. The summed E-state index contributed by atoms with van der Waals surface area (Å²) in [5.74, 6) is 2.27. The molecule has 1 aliphatic heterocycles. The summed E-state index contributed by atoms with van der Waals surface area (Å²) < 4.78 is 44.1. The molecule has 6 nitrogen and oxygen atoms in total. The number of ether oxygens (including phenoxy) is 1. The highest BCUT2D eigenvalue weighted by Crippen LogP contribution is 2.76. The van der Waals surface area contributed by atoms with Gasteiger partial charge in [-0.3, -0.25) is 0 Å². The minimum Gasteiger partial charge on any atom is -0.465 e. The second-order valence-electron chi connectivity index (χ2n) is 19.0. The Morgan fingerprint density at radius 2 is 1.71 bits per heavy atom. The Balaban J connectivity index is 1.15. The largest absolute Gasteiger partial charge is 0.465 e. The molecule has 51 heavy (non-hydrogen) atoms. The summed E-state index contributed by atoms with van der Waals surface area (Å²) in [7, 11) is -1.58. The zero-order valence-corrected chi connectivity index (χ0v) is 33.2. The number of halogens is 1. The number of nitrogens with one attached hydrogen (secondary N) is 1. The molecule has 1 heterocycles. The van der Waals surface area contributed by atoms with Gasteiger partial charge >= 0.3 is 5.97 Å². The fraction of sp³-hybridized carbons (Fsp3) is 0.744. The first-order valence-corrected chi connectivity index (χ1v) is 21.7. The molecule has 1 aromatic carbocycles. The lowest BCUT2D eigenvalue weighted by molar-refractivity contribution is -0.219. The van der Waals surface area contributed by atoms with Crippen molar-refractivity contribution in [2.45, 2.75) is 105 Å². The second kappa shape index (κ2) is 12.8. The highest BCUT2D eigenvalue weighted by molar-refractivity contribution is 7.91. The minimum absolute atomic E-state index is 0.0128. The van der Waals surface area contributed by atoms with Crippen molar-refractivity contribution in [1.29, 1.82) is 0 Å². The number of fused-ring (bicyclic) bond motifs is 7. The number of allylic oxidation sites excluding steroid dienone is 3. The van der Waals surface area contributed by atoms with E-state index < -0.39 is 21.6 Å². The van der Waals surface area contributed by atoms with Crippen molar-refractivity contribution < 1.29 is 22.3 Å². The molecule has 8 heteroatoms. The maximum atomic E-state index is 15.2. The normalized spacial score (nSPS) is 41.3. The number of hydrogen-bond acceptors (Lipinski definition) is 6. The Morgan fingerprint density at radius 1 is 0.980 bits per heavy atom. The maximum absolute atomic E-state index is 15.2. The van der Waals surface area contributed by atoms with E-state index in [1.165, 1.54) is 69.6 Å². The van der Waals surface area contributed by atoms with E-state index in [1.807, 2.05) is 6.07 Å². The molecular formula is C43H63FN2O4S. The van der Waals surface area contributed by atoms with Gasteiger partial charge in [0.15, 0.2) is 9.84 Å². The average Bonchev–Trinajstić information content (AvgIpc) is 3.45. The number of sulfone groups is 1. The molecule has 4 saturated carbocycles. The van der Waals surface area contributed by atoms with Crippen molar-refractivity contribution in [1.82, 2.24) is 10.2 Å². The van der Waals surface area contributed by atoms with E-state index in [1.54, 1.807) is 12.1 Å². The van der Waals surface area contributed by atoms with Crippen molar-refractivity contribution >= 4 is 21.4 Å². The molecule has 0 bridgehead atoms. The van der Waals surface area contributed by atoms with Gasteiger partial charge in [-0.2, -0.15) is 0 Å². The van der Waals surface area contributed by atoms with Crippen LogP contribution in [0.15, 0.2) is 36.4 Å². The van der Waals surface area contributed by atoms with Gasteiger partial charge in [0.05, 0.1) is 24.2 Å². The highest BCUT2D eigenvalue weighted by atomic mass is 32.2. The third-order valence-electron chi connectivity index (χ3n) is 16.7. The third kappa shape index (κ3) is 5.73. The van der Waals surface area contributed by atoms with Crippen LogP contribution in [-0.2, 0) is 14.6 Å². The minimum atomic E-state index is -2.87. The quantitative estimate of drug-likeness (QED) is 0.225. The van der Waals surface area contributed by atoms with Crippen molar-refractivity contribution in [2.24, 2.45) is 51.2 Å². The van der Waals surface area contributed by atoms with Crippen LogP contribution in [0.1, 0.15) is 115 Å². The van der Waals surface area contributed by atoms with Gasteiger partial charge in [0.25, 0.3) is 0 Å². The number of esters is 1. The SMILES string of the molecule is C=C(C)C1CCC2(NCCN3CCS(=O)(=O)CC3)CCC3(C)C(CCC4C5(C)CC=C(c6ccc(C(=O)OC)c(F)c6)C(C)(C)C5CCC43C)C12. The Labute approximate surface area is 307 Å². The molecule has 282 valence electrons. The summed E-state index contributed by atoms with van der Waals surface area (Å²) in [6.45, 7) is 22.7. The molecule has 1 aromatic rings. The van der Waals surface area contributed by atoms with E-state index in [0.717, 1.165) is 25.1 Å². The lowest BCUT2D eigenvalue weighted by atomic mass is 9.33. The number of hydrogen-bond donors (Lipinski definition) is 1. The zero-order valence-electron chi connectivity index (χ0n) is 32.4. The number of nitrogens with zero attached hydrogens (tertiary/aromatic N) is 1. The van der Waals surface area contributed by atoms with Crippen LogP contribution in [-0.4, -0.2) is 69.6 Å². The van der Waals surface area contributed by atoms with E-state index in [9.17, 15) is 13.2 Å². The van der Waals surface area contributed by atoms with Crippen LogP contribution in [0.25, 0.3) is 5.57 Å². The molecule has 0 spiro atoms. The fourth-order valence-electron chi connectivity index (χ4n) is 13.9. The molecule has 5 aliphatic carbocycles. The van der Waals surface area contributed by atoms with Gasteiger partial charge in [0.1, 0.15) is 5.82 Å². The van der Waals surface area contributed by atoms with E-state index >= 15 is 4.39 Å². The molecular weight excluding hydrogens is 660 g/mol. The Kier molecular flexibility index (Phi) is 9.35. The topological polar surface area (TPSA) is 75.7 Å². The summed E-state index contributed by atoms with van der Waals surface area (Å²) in [5, 5.41) is 4.19. The summed E-state index contributed by atoms with van der Waals surface area (Å²) in [4.78, 5) is 14.5. The van der Waals surface area contributed by atoms with Crippen molar-refractivity contribution in [3.8, 4) is 0 Å². The standard InChI is InChI=1S/C43H63FN2O4S/c1-28(2)30-13-18-43(45-21-22-46-23-25-51(48,49)26-24-46)20-19-41(6)33(37(30)43)11-12-36-40(5)16-14-32(39(3,4)35(40)15-17-42(36,41)7)29-9-10-31(34(44)27-29)38(47)50-8/h9-10,14,27,30,33,35-37,45H,1,11-13,15-26H2,2-8H3. The van der Waals surface area contributed by atoms with Crippen LogP contribution in [0.3, 0.4) is 0 Å². The summed E-state index contributed by atoms with van der Waals surface area (Å²) in [6, 6.07) is 5.03. The first-order valence-electron chi connectivity index (χ1n) is 19.8. The Hall–Kier alpha value is -2.03. The van der Waals surface area contributed by atoms with Gasteiger partial charge in [0.2, 0.25) is 0 Å². The van der Waals surface area contributed by atoms with Crippen LogP contribution in [0.5, 0.6) is 0 Å². The number of carbonyl (C=O) groups is 1. The summed E-state index contributed by atoms with van der Waals surface area (Å²) >= 11 is 0. The lowest BCUT2D eigenvalue weighted by Crippen LogP contribution is -2.68. The molecule has 6 aliphatic rings. The van der Waals surface area contributed by atoms with E-state index in [2.05, 4.69) is 64.4 Å². The molecule has 1 saturated heterocycles. The van der Waals surface area contributed by atoms with Gasteiger partial charge in [0, 0.05) is 31.7 Å². The molecule has 0 aromatic heterocycles. The molecule has 9 atom stereocenters. The predicted molar refractivity (Wildman–Crippen MR) is 203 cm³/mol. The van der Waals surface area contributed by atoms with Gasteiger partial charge < -0.3 is 15.0 Å². The van der Waals surface area contributed by atoms with Crippen LogP contribution >= 0.6 is 0 Å². The zero-order chi connectivity index (χ0) is 36.8. The first kappa shape index (κ1) is 37.3. The molecule has 1 N–H and O–H groups in total. The lowest BCUT2D eigenvalue weighted by Gasteiger charge is -2.72. The number of benzene rings is 1. The Morgan fingerprint density at radius 3 is 2.37 bits per heavy atom. The predicted octanol–water partition coefficient (Wildman–Crippen LogP) is 8.34. The Bertz CT molecular complexity index is 1710. The van der Waals surface area contributed by atoms with Gasteiger partial charge in [-0.15, -0.1) is 0 Å². The number of rotatable bonds is 7. The van der Waals surface area contributed by atoms with Crippen LogP contribution < -0.4 is 5.32 Å². The summed E-state index contributed by atoms with van der Waals surface area (Å²) in [6.07, 6.45) is 13.2. The number of methoxy groups -OCH3 is 1. The number of carbonyl (C=O) groups excluding carboxylic acids is 1. The molecule has 5 fully saturated rings. The van der Waals surface area contributed by atoms with E-state index in [4.69, 9.17) is 4.74 Å². The van der Waals surface area contributed by atoms with Gasteiger partial charge in [-0.1, -0.05) is 58.9 Å². The first-order chi connectivity index (χ1) is 23.9. The van der Waals surface area contributed by atoms with E-state index in [-0.39, 0.29) is 44.3 Å². The molecule has 7 rings (SSSR count). The molecule has 0 amide bonds. The fourth-order valence-corrected chi connectivity index (χ4v) is 15.2. The van der Waals surface area contributed by atoms with Gasteiger partial charge in [-0.25, -0.2) is 17.6 Å². The van der Waals surface area contributed by atoms with Crippen molar-refractivity contribution in [3.05, 3.63) is 53.4 Å². The van der Waals surface area contributed by atoms with Crippen LogP contribution in [0.4, 0.5) is 4.39 Å². The van der Waals surface area contributed by atoms with Crippen LogP contribution in [0.2, 0.25) is 0 Å². The van der Waals surface area contributed by atoms with Gasteiger partial charge in [-0.05, 0) is 139 Å². The molecule has 9 unspecified atom stereocenters. The van der Waals surface area contributed by atoms with Crippen LogP contribution in [0, 0.1) is 57.1 Å². The maximum Gasteiger partial charge on any atom is 0.340 e. The monoisotopic (exact) mass is 722 g/mol. The average molecular weight is 723 g/mol. The molecule has 0 radical (unpaired) electrons. The second-order valence-corrected chi connectivity index (χ2v) is 21.3. The van der Waals surface area contributed by atoms with Crippen molar-refractivity contribution in [2.75, 3.05) is 44.8 Å².